The summed E-state index contributed by atoms with van der Waals surface area (Å²) in [5.41, 5.74) is 1.47. The zero-order valence-electron chi connectivity index (χ0n) is 11.0. The molecule has 108 valence electrons. The highest BCUT2D eigenvalue weighted by Crippen LogP contribution is 2.31. The van der Waals surface area contributed by atoms with Gasteiger partial charge in [0.05, 0.1) is 12.4 Å². The second-order valence-electron chi connectivity index (χ2n) is 4.25. The van der Waals surface area contributed by atoms with Gasteiger partial charge in [0, 0.05) is 23.4 Å². The number of thioether (sulfide) groups is 1. The molecule has 4 nitrogen and oxygen atoms in total. The van der Waals surface area contributed by atoms with E-state index in [9.17, 15) is 9.18 Å². The molecule has 0 unspecified atom stereocenters. The topological polar surface area (TPSA) is 47.6 Å². The fraction of sp³-hybridized carbons (Fsp3) is 0.357. The van der Waals surface area contributed by atoms with E-state index in [2.05, 4.69) is 11.9 Å². The van der Waals surface area contributed by atoms with Crippen LogP contribution in [0.5, 0.6) is 5.75 Å². The van der Waals surface area contributed by atoms with Gasteiger partial charge in [-0.15, -0.1) is 18.3 Å². The largest absolute Gasteiger partial charge is 0.467 e. The molecule has 20 heavy (non-hydrogen) atoms. The molecule has 0 aromatic heterocycles. The van der Waals surface area contributed by atoms with Crippen molar-refractivity contribution in [3.05, 3.63) is 41.7 Å². The third-order valence-corrected chi connectivity index (χ3v) is 3.67. The van der Waals surface area contributed by atoms with Crippen LogP contribution in [0, 0.1) is 5.82 Å². The number of ether oxygens (including phenoxy) is 2. The normalized spacial score (nSPS) is 13.2. The summed E-state index contributed by atoms with van der Waals surface area (Å²) in [4.78, 5) is 11.4. The molecular formula is C14H16FNO3S. The molecule has 0 fully saturated rings. The van der Waals surface area contributed by atoms with Gasteiger partial charge in [-0.1, -0.05) is 6.08 Å². The minimum Gasteiger partial charge on any atom is -0.467 e. The number of nitrogens with one attached hydrogen (secondary N) is 1. The van der Waals surface area contributed by atoms with E-state index >= 15 is 0 Å². The minimum absolute atomic E-state index is 0.0653. The van der Waals surface area contributed by atoms with Gasteiger partial charge < -0.3 is 14.8 Å². The molecule has 2 rings (SSSR count). The quantitative estimate of drug-likeness (QED) is 0.818. The lowest BCUT2D eigenvalue weighted by molar-refractivity contribution is -0.118. The first-order valence-electron chi connectivity index (χ1n) is 6.18. The summed E-state index contributed by atoms with van der Waals surface area (Å²) in [6.07, 6.45) is 1.62. The second-order valence-corrected chi connectivity index (χ2v) is 5.23. The van der Waals surface area contributed by atoms with E-state index in [-0.39, 0.29) is 18.5 Å². The van der Waals surface area contributed by atoms with Crippen LogP contribution < -0.4 is 10.1 Å². The summed E-state index contributed by atoms with van der Waals surface area (Å²) >= 11 is 1.41. The second kappa shape index (κ2) is 7.31. The van der Waals surface area contributed by atoms with Gasteiger partial charge in [-0.3, -0.25) is 4.79 Å². The van der Waals surface area contributed by atoms with Gasteiger partial charge in [0.25, 0.3) is 0 Å². The highest BCUT2D eigenvalue weighted by atomic mass is 32.2. The number of rotatable bonds is 6. The maximum absolute atomic E-state index is 13.5. The van der Waals surface area contributed by atoms with E-state index in [4.69, 9.17) is 9.47 Å². The van der Waals surface area contributed by atoms with Crippen LogP contribution in [0.1, 0.15) is 11.1 Å². The summed E-state index contributed by atoms with van der Waals surface area (Å²) in [5.74, 6) is 1.13. The summed E-state index contributed by atoms with van der Waals surface area (Å²) in [7, 11) is 0. The van der Waals surface area contributed by atoms with Gasteiger partial charge in [0.2, 0.25) is 5.91 Å². The number of carbonyl (C=O) groups is 1. The molecule has 1 aromatic rings. The Bertz CT molecular complexity index is 507. The van der Waals surface area contributed by atoms with Crippen molar-refractivity contribution in [1.29, 1.82) is 0 Å². The Morgan fingerprint density at radius 1 is 1.55 bits per heavy atom. The Kier molecular flexibility index (Phi) is 5.43. The average molecular weight is 297 g/mol. The Hall–Kier alpha value is -1.53. The van der Waals surface area contributed by atoms with Gasteiger partial charge in [0.15, 0.2) is 6.79 Å². The number of carbonyl (C=O) groups excluding carboxylic acids is 1. The van der Waals surface area contributed by atoms with Crippen LogP contribution in [0.15, 0.2) is 24.8 Å². The molecule has 0 spiro atoms. The molecule has 0 bridgehead atoms. The Morgan fingerprint density at radius 3 is 3.20 bits per heavy atom. The molecule has 0 radical (unpaired) electrons. The lowest BCUT2D eigenvalue weighted by Crippen LogP contribution is -2.25. The number of fused-ring (bicyclic) bond motifs is 1. The van der Waals surface area contributed by atoms with Crippen molar-refractivity contribution in [3.63, 3.8) is 0 Å². The first-order chi connectivity index (χ1) is 9.70. The van der Waals surface area contributed by atoms with Gasteiger partial charge in [-0.25, -0.2) is 4.39 Å². The van der Waals surface area contributed by atoms with Crippen molar-refractivity contribution in [2.24, 2.45) is 0 Å². The van der Waals surface area contributed by atoms with Crippen LogP contribution in [0.3, 0.4) is 0 Å². The van der Waals surface area contributed by atoms with Crippen molar-refractivity contribution < 1.29 is 18.7 Å². The molecule has 0 aliphatic carbocycles. The SMILES string of the molecule is C=CCNC(=O)CSCc1cc(F)cc2c1OCOC2. The summed E-state index contributed by atoms with van der Waals surface area (Å²) in [6, 6.07) is 2.86. The van der Waals surface area contributed by atoms with Crippen molar-refractivity contribution in [2.45, 2.75) is 12.4 Å². The molecule has 1 aromatic carbocycles. The molecule has 1 aliphatic heterocycles. The standard InChI is InChI=1S/C14H16FNO3S/c1-2-3-16-13(17)8-20-7-11-5-12(15)4-10-6-18-9-19-14(10)11/h2,4-5H,1,3,6-9H2,(H,16,17). The smallest absolute Gasteiger partial charge is 0.230 e. The van der Waals surface area contributed by atoms with Crippen molar-refractivity contribution >= 4 is 17.7 Å². The minimum atomic E-state index is -0.315. The third-order valence-electron chi connectivity index (χ3n) is 2.69. The van der Waals surface area contributed by atoms with Crippen molar-refractivity contribution in [3.8, 4) is 5.75 Å². The summed E-state index contributed by atoms with van der Waals surface area (Å²) in [6.45, 7) is 4.51. The fourth-order valence-electron chi connectivity index (χ4n) is 1.85. The predicted molar refractivity (Wildman–Crippen MR) is 76.1 cm³/mol. The molecule has 1 N–H and O–H groups in total. The molecular weight excluding hydrogens is 281 g/mol. The first kappa shape index (κ1) is 14.9. The summed E-state index contributed by atoms with van der Waals surface area (Å²) in [5, 5.41) is 2.69. The first-order valence-corrected chi connectivity index (χ1v) is 7.33. The number of hydrogen-bond acceptors (Lipinski definition) is 4. The van der Waals surface area contributed by atoms with E-state index < -0.39 is 0 Å². The van der Waals surface area contributed by atoms with E-state index in [1.165, 1.54) is 23.9 Å². The number of benzene rings is 1. The maximum Gasteiger partial charge on any atom is 0.230 e. The Balaban J connectivity index is 1.94. The van der Waals surface area contributed by atoms with Gasteiger partial charge >= 0.3 is 0 Å². The van der Waals surface area contributed by atoms with Crippen LogP contribution in [0.25, 0.3) is 0 Å². The van der Waals surface area contributed by atoms with E-state index in [1.807, 2.05) is 0 Å². The van der Waals surface area contributed by atoms with Gasteiger partial charge in [-0.2, -0.15) is 0 Å². The van der Waals surface area contributed by atoms with Gasteiger partial charge in [0.1, 0.15) is 11.6 Å². The maximum atomic E-state index is 13.5. The lowest BCUT2D eigenvalue weighted by atomic mass is 10.1. The van der Waals surface area contributed by atoms with Crippen LogP contribution >= 0.6 is 11.8 Å². The molecule has 1 amide bonds. The zero-order chi connectivity index (χ0) is 14.4. The molecule has 0 saturated carbocycles. The van der Waals surface area contributed by atoms with E-state index in [1.54, 1.807) is 6.08 Å². The molecule has 0 atom stereocenters. The Morgan fingerprint density at radius 2 is 2.40 bits per heavy atom. The lowest BCUT2D eigenvalue weighted by Gasteiger charge is -2.20. The highest BCUT2D eigenvalue weighted by Gasteiger charge is 2.17. The predicted octanol–water partition coefficient (Wildman–Crippen LogP) is 2.23. The number of hydrogen-bond donors (Lipinski definition) is 1. The van der Waals surface area contributed by atoms with Crippen molar-refractivity contribution in [1.82, 2.24) is 5.32 Å². The van der Waals surface area contributed by atoms with Crippen LogP contribution in [0.2, 0.25) is 0 Å². The van der Waals surface area contributed by atoms with E-state index in [0.717, 1.165) is 5.56 Å². The van der Waals surface area contributed by atoms with Crippen LogP contribution in [-0.4, -0.2) is 25.0 Å². The number of halogens is 1. The molecule has 1 aliphatic rings. The van der Waals surface area contributed by atoms with Crippen LogP contribution in [-0.2, 0) is 21.9 Å². The van der Waals surface area contributed by atoms with E-state index in [0.29, 0.717) is 36.0 Å². The zero-order valence-corrected chi connectivity index (χ0v) is 11.8. The van der Waals surface area contributed by atoms with Crippen molar-refractivity contribution in [2.75, 3.05) is 19.1 Å². The molecule has 0 saturated heterocycles. The highest BCUT2D eigenvalue weighted by molar-refractivity contribution is 7.99. The summed E-state index contributed by atoms with van der Waals surface area (Å²) < 4.78 is 24.0. The molecule has 1 heterocycles. The molecule has 6 heteroatoms. The number of amides is 1. The van der Waals surface area contributed by atoms with Gasteiger partial charge in [-0.05, 0) is 12.1 Å². The Labute approximate surface area is 121 Å². The fourth-order valence-corrected chi connectivity index (χ4v) is 2.68. The van der Waals surface area contributed by atoms with Crippen LogP contribution in [0.4, 0.5) is 4.39 Å². The monoisotopic (exact) mass is 297 g/mol. The average Bonchev–Trinajstić information content (AvgIpc) is 2.45. The third kappa shape index (κ3) is 3.98.